The van der Waals surface area contributed by atoms with Gasteiger partial charge >= 0.3 is 0 Å². The Morgan fingerprint density at radius 1 is 1.42 bits per heavy atom. The molecule has 1 aromatic rings. The molecule has 2 rings (SSSR count). The van der Waals surface area contributed by atoms with Gasteiger partial charge in [0.1, 0.15) is 0 Å². The molecular formula is C15H24N2O2. The fourth-order valence-electron chi connectivity index (χ4n) is 2.64. The highest BCUT2D eigenvalue weighted by Crippen LogP contribution is 2.28. The Hall–Kier alpha value is -1.10. The van der Waals surface area contributed by atoms with Crippen LogP contribution >= 0.6 is 0 Å². The molecule has 19 heavy (non-hydrogen) atoms. The molecule has 0 aliphatic carbocycles. The van der Waals surface area contributed by atoms with Gasteiger partial charge in [-0.05, 0) is 32.5 Å². The highest BCUT2D eigenvalue weighted by atomic mass is 16.5. The quantitative estimate of drug-likeness (QED) is 0.866. The maximum absolute atomic E-state index is 9.33. The third-order valence-corrected chi connectivity index (χ3v) is 3.71. The highest BCUT2D eigenvalue weighted by Gasteiger charge is 2.26. The SMILES string of the molecule is CNC(C)c1ccccc1N1CC(C)OC(CO)C1. The molecular weight excluding hydrogens is 240 g/mol. The number of morpholine rings is 1. The summed E-state index contributed by atoms with van der Waals surface area (Å²) in [6, 6.07) is 8.75. The van der Waals surface area contributed by atoms with Crippen molar-refractivity contribution in [1.29, 1.82) is 0 Å². The standard InChI is InChI=1S/C15H24N2O2/c1-11-8-17(9-13(10-18)19-11)15-7-5-4-6-14(15)12(2)16-3/h4-7,11-13,16,18H,8-10H2,1-3H3. The summed E-state index contributed by atoms with van der Waals surface area (Å²) in [5, 5.41) is 12.6. The molecule has 1 fully saturated rings. The zero-order valence-corrected chi connectivity index (χ0v) is 12.0. The first-order chi connectivity index (χ1) is 9.15. The van der Waals surface area contributed by atoms with Gasteiger partial charge in [0, 0.05) is 24.8 Å². The van der Waals surface area contributed by atoms with E-state index >= 15 is 0 Å². The molecule has 1 saturated heterocycles. The molecule has 1 heterocycles. The first-order valence-corrected chi connectivity index (χ1v) is 6.93. The number of para-hydroxylation sites is 1. The molecule has 4 heteroatoms. The summed E-state index contributed by atoms with van der Waals surface area (Å²) in [4.78, 5) is 2.32. The normalized spacial score (nSPS) is 25.4. The van der Waals surface area contributed by atoms with Crippen molar-refractivity contribution in [1.82, 2.24) is 5.32 Å². The van der Waals surface area contributed by atoms with E-state index in [0.29, 0.717) is 6.04 Å². The zero-order valence-electron chi connectivity index (χ0n) is 12.0. The van der Waals surface area contributed by atoms with Gasteiger partial charge in [0.05, 0.1) is 18.8 Å². The molecule has 0 spiro atoms. The van der Waals surface area contributed by atoms with E-state index in [4.69, 9.17) is 4.74 Å². The fraction of sp³-hybridized carbons (Fsp3) is 0.600. The lowest BCUT2D eigenvalue weighted by atomic mass is 10.0. The average Bonchev–Trinajstić information content (AvgIpc) is 2.45. The van der Waals surface area contributed by atoms with E-state index in [-0.39, 0.29) is 18.8 Å². The smallest absolute Gasteiger partial charge is 0.0984 e. The second-order valence-electron chi connectivity index (χ2n) is 5.23. The highest BCUT2D eigenvalue weighted by molar-refractivity contribution is 5.55. The minimum absolute atomic E-state index is 0.0740. The van der Waals surface area contributed by atoms with Crippen molar-refractivity contribution in [2.75, 3.05) is 31.6 Å². The fourth-order valence-corrected chi connectivity index (χ4v) is 2.64. The molecule has 0 saturated carbocycles. The van der Waals surface area contributed by atoms with Crippen LogP contribution in [0.2, 0.25) is 0 Å². The van der Waals surface area contributed by atoms with Crippen LogP contribution in [-0.2, 0) is 4.74 Å². The van der Waals surface area contributed by atoms with Crippen LogP contribution in [0.5, 0.6) is 0 Å². The molecule has 106 valence electrons. The summed E-state index contributed by atoms with van der Waals surface area (Å²) in [6.45, 7) is 5.90. The minimum atomic E-state index is -0.0957. The number of aliphatic hydroxyl groups is 1. The summed E-state index contributed by atoms with van der Waals surface area (Å²) in [5.41, 5.74) is 2.52. The molecule has 3 unspecified atom stereocenters. The Kier molecular flexibility index (Phi) is 4.80. The monoisotopic (exact) mass is 264 g/mol. The van der Waals surface area contributed by atoms with Crippen LogP contribution in [0.15, 0.2) is 24.3 Å². The number of benzene rings is 1. The van der Waals surface area contributed by atoms with Gasteiger partial charge in [-0.1, -0.05) is 18.2 Å². The topological polar surface area (TPSA) is 44.7 Å². The number of rotatable bonds is 4. The van der Waals surface area contributed by atoms with Crippen LogP contribution in [0, 0.1) is 0 Å². The summed E-state index contributed by atoms with van der Waals surface area (Å²) in [7, 11) is 1.97. The maximum Gasteiger partial charge on any atom is 0.0984 e. The van der Waals surface area contributed by atoms with Gasteiger partial charge in [-0.25, -0.2) is 0 Å². The Labute approximate surface area is 115 Å². The second-order valence-corrected chi connectivity index (χ2v) is 5.23. The van der Waals surface area contributed by atoms with Crippen LogP contribution in [-0.4, -0.2) is 44.1 Å². The van der Waals surface area contributed by atoms with Gasteiger partial charge in [0.2, 0.25) is 0 Å². The van der Waals surface area contributed by atoms with Crippen molar-refractivity contribution in [3.8, 4) is 0 Å². The van der Waals surface area contributed by atoms with E-state index in [1.807, 2.05) is 7.05 Å². The largest absolute Gasteiger partial charge is 0.394 e. The molecule has 1 aliphatic rings. The van der Waals surface area contributed by atoms with E-state index in [1.165, 1.54) is 11.3 Å². The van der Waals surface area contributed by atoms with Gasteiger partial charge in [0.15, 0.2) is 0 Å². The van der Waals surface area contributed by atoms with Gasteiger partial charge in [-0.3, -0.25) is 0 Å². The van der Waals surface area contributed by atoms with Crippen molar-refractivity contribution in [2.45, 2.75) is 32.1 Å². The number of nitrogens with one attached hydrogen (secondary N) is 1. The van der Waals surface area contributed by atoms with E-state index in [2.05, 4.69) is 48.3 Å². The summed E-state index contributed by atoms with van der Waals surface area (Å²) in [6.07, 6.45) is 0.0468. The molecule has 4 nitrogen and oxygen atoms in total. The summed E-state index contributed by atoms with van der Waals surface area (Å²) >= 11 is 0. The molecule has 1 aliphatic heterocycles. The lowest BCUT2D eigenvalue weighted by molar-refractivity contribution is -0.0421. The van der Waals surface area contributed by atoms with Crippen molar-refractivity contribution in [2.24, 2.45) is 0 Å². The summed E-state index contributed by atoms with van der Waals surface area (Å²) in [5.74, 6) is 0. The lowest BCUT2D eigenvalue weighted by Gasteiger charge is -2.39. The average molecular weight is 264 g/mol. The Morgan fingerprint density at radius 2 is 2.16 bits per heavy atom. The Balaban J connectivity index is 2.25. The molecule has 0 radical (unpaired) electrons. The van der Waals surface area contributed by atoms with Crippen LogP contribution < -0.4 is 10.2 Å². The van der Waals surface area contributed by atoms with Gasteiger partial charge < -0.3 is 20.1 Å². The first-order valence-electron chi connectivity index (χ1n) is 6.93. The van der Waals surface area contributed by atoms with Crippen molar-refractivity contribution >= 4 is 5.69 Å². The lowest BCUT2D eigenvalue weighted by Crippen LogP contribution is -2.48. The molecule has 0 bridgehead atoms. The van der Waals surface area contributed by atoms with Crippen molar-refractivity contribution in [3.63, 3.8) is 0 Å². The Bertz CT molecular complexity index is 411. The first kappa shape index (κ1) is 14.3. The van der Waals surface area contributed by atoms with Gasteiger partial charge in [-0.2, -0.15) is 0 Å². The number of aliphatic hydroxyl groups excluding tert-OH is 1. The maximum atomic E-state index is 9.33. The third-order valence-electron chi connectivity index (χ3n) is 3.71. The van der Waals surface area contributed by atoms with Gasteiger partial charge in [0.25, 0.3) is 0 Å². The van der Waals surface area contributed by atoms with Crippen LogP contribution in [0.25, 0.3) is 0 Å². The van der Waals surface area contributed by atoms with Crippen molar-refractivity contribution in [3.05, 3.63) is 29.8 Å². The minimum Gasteiger partial charge on any atom is -0.394 e. The Morgan fingerprint density at radius 3 is 2.84 bits per heavy atom. The van der Waals surface area contributed by atoms with E-state index in [1.54, 1.807) is 0 Å². The predicted molar refractivity (Wildman–Crippen MR) is 77.6 cm³/mol. The number of nitrogens with zero attached hydrogens (tertiary/aromatic N) is 1. The molecule has 0 aromatic heterocycles. The second kappa shape index (κ2) is 6.37. The van der Waals surface area contributed by atoms with Crippen LogP contribution in [0.1, 0.15) is 25.5 Å². The van der Waals surface area contributed by atoms with Crippen molar-refractivity contribution < 1.29 is 9.84 Å². The molecule has 1 aromatic carbocycles. The number of hydrogen-bond acceptors (Lipinski definition) is 4. The number of anilines is 1. The molecule has 3 atom stereocenters. The van der Waals surface area contributed by atoms with Crippen LogP contribution in [0.3, 0.4) is 0 Å². The third kappa shape index (κ3) is 3.26. The van der Waals surface area contributed by atoms with E-state index in [9.17, 15) is 5.11 Å². The molecule has 0 amide bonds. The predicted octanol–water partition coefficient (Wildman–Crippen LogP) is 1.55. The van der Waals surface area contributed by atoms with Crippen LogP contribution in [0.4, 0.5) is 5.69 Å². The van der Waals surface area contributed by atoms with E-state index in [0.717, 1.165) is 13.1 Å². The van der Waals surface area contributed by atoms with Gasteiger partial charge in [-0.15, -0.1) is 0 Å². The van der Waals surface area contributed by atoms with E-state index < -0.39 is 0 Å². The molecule has 2 N–H and O–H groups in total. The number of hydrogen-bond donors (Lipinski definition) is 2. The summed E-state index contributed by atoms with van der Waals surface area (Å²) < 4.78 is 5.71. The zero-order chi connectivity index (χ0) is 13.8. The number of ether oxygens (including phenoxy) is 1.